The van der Waals surface area contributed by atoms with Gasteiger partial charge in [-0.25, -0.2) is 0 Å². The van der Waals surface area contributed by atoms with Gasteiger partial charge in [0.25, 0.3) is 0 Å². The minimum Gasteiger partial charge on any atom is -0.393 e. The van der Waals surface area contributed by atoms with Crippen LogP contribution in [0.4, 0.5) is 0 Å². The van der Waals surface area contributed by atoms with E-state index >= 15 is 0 Å². The largest absolute Gasteiger partial charge is 0.393 e. The number of hydrogen-bond acceptors (Lipinski definition) is 2. The van der Waals surface area contributed by atoms with Crippen LogP contribution in [0.25, 0.3) is 0 Å². The predicted octanol–water partition coefficient (Wildman–Crippen LogP) is 4.70. The van der Waals surface area contributed by atoms with E-state index < -0.39 is 0 Å². The van der Waals surface area contributed by atoms with Gasteiger partial charge in [0, 0.05) is 6.42 Å². The number of aliphatic hydroxyl groups is 1. The van der Waals surface area contributed by atoms with E-state index in [4.69, 9.17) is 5.73 Å². The summed E-state index contributed by atoms with van der Waals surface area (Å²) in [5, 5.41) is 9.86. The summed E-state index contributed by atoms with van der Waals surface area (Å²) >= 11 is 0. The lowest BCUT2D eigenvalue weighted by Crippen LogP contribution is -2.09. The Labute approximate surface area is 131 Å². The zero-order chi connectivity index (χ0) is 15.8. The lowest BCUT2D eigenvalue weighted by atomic mass is 10.0. The highest BCUT2D eigenvalue weighted by Crippen LogP contribution is 2.14. The monoisotopic (exact) mass is 299 g/mol. The van der Waals surface area contributed by atoms with Crippen molar-refractivity contribution >= 4 is 5.91 Å². The molecule has 0 spiro atoms. The van der Waals surface area contributed by atoms with Crippen LogP contribution in [-0.2, 0) is 4.79 Å². The maximum atomic E-state index is 10.6. The smallest absolute Gasteiger partial charge is 0.217 e. The van der Waals surface area contributed by atoms with E-state index in [-0.39, 0.29) is 12.0 Å². The van der Waals surface area contributed by atoms with Crippen LogP contribution in [0.15, 0.2) is 0 Å². The van der Waals surface area contributed by atoms with E-state index in [0.717, 1.165) is 32.1 Å². The number of hydrogen-bond donors (Lipinski definition) is 2. The number of carbonyl (C=O) groups is 1. The fourth-order valence-electron chi connectivity index (χ4n) is 2.69. The van der Waals surface area contributed by atoms with E-state index in [1.807, 2.05) is 0 Å². The lowest BCUT2D eigenvalue weighted by molar-refractivity contribution is -0.118. The molecular weight excluding hydrogens is 262 g/mol. The van der Waals surface area contributed by atoms with Crippen molar-refractivity contribution in [2.45, 2.75) is 109 Å². The van der Waals surface area contributed by atoms with Crippen LogP contribution in [0.5, 0.6) is 0 Å². The Balaban J connectivity index is 3.12. The number of rotatable bonds is 16. The van der Waals surface area contributed by atoms with Crippen molar-refractivity contribution in [3.05, 3.63) is 0 Å². The fourth-order valence-corrected chi connectivity index (χ4v) is 2.69. The molecule has 0 saturated heterocycles. The van der Waals surface area contributed by atoms with E-state index in [2.05, 4.69) is 6.92 Å². The van der Waals surface area contributed by atoms with Crippen LogP contribution < -0.4 is 5.73 Å². The van der Waals surface area contributed by atoms with Gasteiger partial charge in [0.1, 0.15) is 0 Å². The molecule has 0 aromatic rings. The third-order valence-electron chi connectivity index (χ3n) is 4.10. The van der Waals surface area contributed by atoms with Crippen molar-refractivity contribution in [2.75, 3.05) is 0 Å². The maximum Gasteiger partial charge on any atom is 0.217 e. The lowest BCUT2D eigenvalue weighted by Gasteiger charge is -2.10. The molecule has 1 amide bonds. The molecule has 0 aromatic carbocycles. The minimum absolute atomic E-state index is 0.0735. The number of aliphatic hydroxyl groups excluding tert-OH is 1. The molecule has 0 aromatic heterocycles. The van der Waals surface area contributed by atoms with Crippen molar-refractivity contribution < 1.29 is 9.90 Å². The van der Waals surface area contributed by atoms with Gasteiger partial charge in [-0.15, -0.1) is 0 Å². The van der Waals surface area contributed by atoms with Gasteiger partial charge in [-0.05, 0) is 19.3 Å². The summed E-state index contributed by atoms with van der Waals surface area (Å²) < 4.78 is 0. The summed E-state index contributed by atoms with van der Waals surface area (Å²) in [7, 11) is 0. The quantitative estimate of drug-likeness (QED) is 0.406. The molecular formula is C18H37NO2. The van der Waals surface area contributed by atoms with Crippen LogP contribution in [0.3, 0.4) is 0 Å². The Bertz CT molecular complexity index is 231. The van der Waals surface area contributed by atoms with Crippen molar-refractivity contribution in [1.82, 2.24) is 0 Å². The molecule has 0 rings (SSSR count). The topological polar surface area (TPSA) is 63.3 Å². The van der Waals surface area contributed by atoms with Crippen LogP contribution in [-0.4, -0.2) is 17.1 Å². The number of unbranched alkanes of at least 4 members (excludes halogenated alkanes) is 10. The average Bonchev–Trinajstić information content (AvgIpc) is 2.45. The number of amides is 1. The molecule has 126 valence electrons. The molecule has 1 atom stereocenters. The van der Waals surface area contributed by atoms with Crippen molar-refractivity contribution in [3.63, 3.8) is 0 Å². The Kier molecular flexibility index (Phi) is 15.4. The highest BCUT2D eigenvalue weighted by molar-refractivity contribution is 5.73. The van der Waals surface area contributed by atoms with Gasteiger partial charge in [-0.3, -0.25) is 4.79 Å². The molecule has 3 heteroatoms. The van der Waals surface area contributed by atoms with E-state index in [9.17, 15) is 9.90 Å². The summed E-state index contributed by atoms with van der Waals surface area (Å²) in [6.45, 7) is 2.22. The minimum atomic E-state index is -0.178. The summed E-state index contributed by atoms with van der Waals surface area (Å²) in [5.41, 5.74) is 5.10. The molecule has 3 nitrogen and oxygen atoms in total. The second kappa shape index (κ2) is 15.8. The van der Waals surface area contributed by atoms with Gasteiger partial charge in [0.2, 0.25) is 5.91 Å². The fraction of sp³-hybridized carbons (Fsp3) is 0.944. The first-order valence-electron chi connectivity index (χ1n) is 9.13. The molecule has 0 saturated carbocycles. The predicted molar refractivity (Wildman–Crippen MR) is 90.1 cm³/mol. The van der Waals surface area contributed by atoms with Crippen molar-refractivity contribution in [1.29, 1.82) is 0 Å². The van der Waals surface area contributed by atoms with Gasteiger partial charge in [-0.1, -0.05) is 77.6 Å². The van der Waals surface area contributed by atoms with E-state index in [1.54, 1.807) is 0 Å². The molecule has 3 N–H and O–H groups in total. The molecule has 0 unspecified atom stereocenters. The first kappa shape index (κ1) is 20.4. The van der Waals surface area contributed by atoms with E-state index in [0.29, 0.717) is 6.42 Å². The summed E-state index contributed by atoms with van der Waals surface area (Å²) in [4.78, 5) is 10.6. The maximum absolute atomic E-state index is 10.6. The third-order valence-corrected chi connectivity index (χ3v) is 4.10. The second-order valence-corrected chi connectivity index (χ2v) is 6.34. The average molecular weight is 299 g/mol. The third kappa shape index (κ3) is 17.4. The standard InChI is InChI=1S/C18H37NO2/c1-2-3-4-11-14-17(20)15-12-9-7-5-6-8-10-13-16-18(19)21/h17,20H,2-16H2,1H3,(H2,19,21)/t17-/m1/s1. The molecule has 0 aliphatic heterocycles. The van der Waals surface area contributed by atoms with E-state index in [1.165, 1.54) is 57.8 Å². The highest BCUT2D eigenvalue weighted by atomic mass is 16.3. The molecule has 0 aliphatic rings. The summed E-state index contributed by atoms with van der Waals surface area (Å²) in [6.07, 6.45) is 16.9. The van der Waals surface area contributed by atoms with Crippen molar-refractivity contribution in [2.24, 2.45) is 5.73 Å². The van der Waals surface area contributed by atoms with Crippen LogP contribution >= 0.6 is 0 Å². The van der Waals surface area contributed by atoms with Gasteiger partial charge in [0.15, 0.2) is 0 Å². The normalized spacial score (nSPS) is 12.5. The van der Waals surface area contributed by atoms with Gasteiger partial charge >= 0.3 is 0 Å². The number of carbonyl (C=O) groups excluding carboxylic acids is 1. The van der Waals surface area contributed by atoms with Crippen LogP contribution in [0, 0.1) is 0 Å². The summed E-state index contributed by atoms with van der Waals surface area (Å²) in [6, 6.07) is 0. The van der Waals surface area contributed by atoms with Gasteiger partial charge in [-0.2, -0.15) is 0 Å². The highest BCUT2D eigenvalue weighted by Gasteiger charge is 2.03. The zero-order valence-corrected chi connectivity index (χ0v) is 14.1. The first-order chi connectivity index (χ1) is 10.2. The molecule has 0 heterocycles. The first-order valence-corrected chi connectivity index (χ1v) is 9.13. The SMILES string of the molecule is CCCCCC[C@@H](O)CCCCCCCCCCC(N)=O. The van der Waals surface area contributed by atoms with Crippen molar-refractivity contribution in [3.8, 4) is 0 Å². The molecule has 0 aliphatic carbocycles. The Morgan fingerprint density at radius 3 is 1.71 bits per heavy atom. The number of nitrogens with two attached hydrogens (primary N) is 1. The Morgan fingerprint density at radius 2 is 1.24 bits per heavy atom. The zero-order valence-electron chi connectivity index (χ0n) is 14.1. The molecule has 0 fully saturated rings. The van der Waals surface area contributed by atoms with Crippen LogP contribution in [0.1, 0.15) is 103 Å². The van der Waals surface area contributed by atoms with Gasteiger partial charge < -0.3 is 10.8 Å². The van der Waals surface area contributed by atoms with Crippen LogP contribution in [0.2, 0.25) is 0 Å². The summed E-state index contributed by atoms with van der Waals surface area (Å²) in [5.74, 6) is -0.178. The number of primary amides is 1. The Morgan fingerprint density at radius 1 is 0.810 bits per heavy atom. The second-order valence-electron chi connectivity index (χ2n) is 6.34. The molecule has 0 bridgehead atoms. The van der Waals surface area contributed by atoms with Gasteiger partial charge in [0.05, 0.1) is 6.10 Å². The Hall–Kier alpha value is -0.570. The molecule has 21 heavy (non-hydrogen) atoms. The molecule has 0 radical (unpaired) electrons.